The molecule has 0 spiro atoms. The zero-order chi connectivity index (χ0) is 12.8. The number of hydrazine groups is 1. The molecule has 0 saturated carbocycles. The molecule has 0 aliphatic heterocycles. The third-order valence-corrected chi connectivity index (χ3v) is 2.02. The summed E-state index contributed by atoms with van der Waals surface area (Å²) in [4.78, 5) is 10.8. The summed E-state index contributed by atoms with van der Waals surface area (Å²) in [6.07, 6.45) is 0. The van der Waals surface area contributed by atoms with Gasteiger partial charge in [-0.1, -0.05) is 12.1 Å². The Hall–Kier alpha value is -1.96. The molecular weight excluding hydrogens is 224 g/mol. The predicted molar refractivity (Wildman–Crippen MR) is 61.8 cm³/mol. The van der Waals surface area contributed by atoms with Crippen molar-refractivity contribution in [3.8, 4) is 0 Å². The molecule has 0 aromatic heterocycles. The number of amides is 1. The monoisotopic (exact) mass is 238 g/mol. The molecule has 0 radical (unpaired) electrons. The van der Waals surface area contributed by atoms with Crippen LogP contribution >= 0.6 is 0 Å². The minimum Gasteiger partial charge on any atom is -0.395 e. The molecule has 0 unspecified atom stereocenters. The number of hydrogen-bond donors (Lipinski definition) is 5. The Bertz CT molecular complexity index is 405. The lowest BCUT2D eigenvalue weighted by molar-refractivity contribution is -0.112. The highest BCUT2D eigenvalue weighted by Gasteiger charge is 2.08. The topological polar surface area (TPSA) is 123 Å². The highest BCUT2D eigenvalue weighted by Crippen LogP contribution is 2.12. The summed E-state index contributed by atoms with van der Waals surface area (Å²) < 4.78 is 0. The van der Waals surface area contributed by atoms with Gasteiger partial charge in [0.1, 0.15) is 5.71 Å². The molecule has 17 heavy (non-hydrogen) atoms. The maximum absolute atomic E-state index is 10.8. The highest BCUT2D eigenvalue weighted by atomic mass is 16.5. The van der Waals surface area contributed by atoms with Crippen molar-refractivity contribution in [3.05, 3.63) is 29.8 Å². The number of nitrogens with two attached hydrogens (primary N) is 1. The van der Waals surface area contributed by atoms with Crippen molar-refractivity contribution >= 4 is 17.3 Å². The van der Waals surface area contributed by atoms with Crippen molar-refractivity contribution in [3.63, 3.8) is 0 Å². The first kappa shape index (κ1) is 13.1. The number of rotatable bonds is 6. The largest absolute Gasteiger partial charge is 0.395 e. The summed E-state index contributed by atoms with van der Waals surface area (Å²) in [5, 5.41) is 26.1. The number of aliphatic hydroxyl groups is 1. The van der Waals surface area contributed by atoms with Gasteiger partial charge >= 0.3 is 0 Å². The SMILES string of the molecule is N=C(C(N)=O)c1ccc(N(O)NCCO)cc1. The number of carbonyl (C=O) groups excluding carboxylic acids is 1. The van der Waals surface area contributed by atoms with Gasteiger partial charge in [-0.25, -0.2) is 5.43 Å². The van der Waals surface area contributed by atoms with Gasteiger partial charge in [-0.2, -0.15) is 5.17 Å². The van der Waals surface area contributed by atoms with E-state index in [0.717, 1.165) is 5.17 Å². The number of anilines is 1. The number of nitrogens with one attached hydrogen (secondary N) is 2. The Kier molecular flexibility index (Phi) is 4.58. The predicted octanol–water partition coefficient (Wildman–Crippen LogP) is -0.768. The summed E-state index contributed by atoms with van der Waals surface area (Å²) in [6.45, 7) is 0.0941. The molecule has 1 aromatic carbocycles. The molecule has 1 amide bonds. The van der Waals surface area contributed by atoms with E-state index in [1.165, 1.54) is 24.3 Å². The normalized spacial score (nSPS) is 10.0. The Morgan fingerprint density at radius 3 is 2.47 bits per heavy atom. The Balaban J connectivity index is 2.74. The van der Waals surface area contributed by atoms with Gasteiger partial charge in [-0.15, -0.1) is 0 Å². The van der Waals surface area contributed by atoms with Crippen molar-refractivity contribution in [2.45, 2.75) is 0 Å². The van der Waals surface area contributed by atoms with E-state index in [1.54, 1.807) is 0 Å². The molecule has 0 saturated heterocycles. The van der Waals surface area contributed by atoms with E-state index in [-0.39, 0.29) is 18.9 Å². The minimum atomic E-state index is -0.808. The molecule has 0 fully saturated rings. The molecule has 0 bridgehead atoms. The van der Waals surface area contributed by atoms with Crippen LogP contribution in [0, 0.1) is 5.41 Å². The lowest BCUT2D eigenvalue weighted by atomic mass is 10.1. The van der Waals surface area contributed by atoms with Crippen LogP contribution in [-0.2, 0) is 4.79 Å². The van der Waals surface area contributed by atoms with Crippen LogP contribution in [0.3, 0.4) is 0 Å². The van der Waals surface area contributed by atoms with Crippen LogP contribution in [0.2, 0.25) is 0 Å². The maximum Gasteiger partial charge on any atom is 0.267 e. The first-order valence-corrected chi connectivity index (χ1v) is 4.88. The van der Waals surface area contributed by atoms with E-state index in [1.807, 2.05) is 0 Å². The van der Waals surface area contributed by atoms with E-state index in [2.05, 4.69) is 5.43 Å². The molecule has 92 valence electrons. The number of benzene rings is 1. The smallest absolute Gasteiger partial charge is 0.267 e. The summed E-state index contributed by atoms with van der Waals surface area (Å²) in [5.74, 6) is -0.808. The number of primary amides is 1. The van der Waals surface area contributed by atoms with Gasteiger partial charge in [-0.3, -0.25) is 15.4 Å². The first-order valence-electron chi connectivity index (χ1n) is 4.88. The zero-order valence-electron chi connectivity index (χ0n) is 9.05. The fourth-order valence-corrected chi connectivity index (χ4v) is 1.16. The Morgan fingerprint density at radius 2 is 2.00 bits per heavy atom. The third kappa shape index (κ3) is 3.52. The summed E-state index contributed by atoms with van der Waals surface area (Å²) in [5.41, 5.74) is 7.98. The van der Waals surface area contributed by atoms with Crippen molar-refractivity contribution in [2.24, 2.45) is 5.73 Å². The van der Waals surface area contributed by atoms with Crippen molar-refractivity contribution < 1.29 is 15.1 Å². The first-order chi connectivity index (χ1) is 8.06. The van der Waals surface area contributed by atoms with E-state index >= 15 is 0 Å². The van der Waals surface area contributed by atoms with Crippen molar-refractivity contribution in [2.75, 3.05) is 18.3 Å². The van der Waals surface area contributed by atoms with Gasteiger partial charge in [-0.05, 0) is 12.1 Å². The van der Waals surface area contributed by atoms with Gasteiger partial charge in [0.2, 0.25) is 0 Å². The van der Waals surface area contributed by atoms with E-state index in [9.17, 15) is 10.0 Å². The average molecular weight is 238 g/mol. The van der Waals surface area contributed by atoms with Crippen LogP contribution in [-0.4, -0.2) is 35.1 Å². The number of hydrogen-bond acceptors (Lipinski definition) is 6. The second kappa shape index (κ2) is 5.94. The van der Waals surface area contributed by atoms with Crippen LogP contribution in [0.25, 0.3) is 0 Å². The summed E-state index contributed by atoms with van der Waals surface area (Å²) >= 11 is 0. The number of nitrogens with zero attached hydrogens (tertiary/aromatic N) is 1. The lowest BCUT2D eigenvalue weighted by Crippen LogP contribution is -2.36. The van der Waals surface area contributed by atoms with Crippen molar-refractivity contribution in [1.82, 2.24) is 5.43 Å². The van der Waals surface area contributed by atoms with Crippen LogP contribution in [0.4, 0.5) is 5.69 Å². The van der Waals surface area contributed by atoms with Crippen LogP contribution < -0.4 is 16.3 Å². The molecule has 6 N–H and O–H groups in total. The van der Waals surface area contributed by atoms with Crippen molar-refractivity contribution in [1.29, 1.82) is 5.41 Å². The Morgan fingerprint density at radius 1 is 1.41 bits per heavy atom. The van der Waals surface area contributed by atoms with Gasteiger partial charge in [0, 0.05) is 12.1 Å². The second-order valence-electron chi connectivity index (χ2n) is 3.23. The maximum atomic E-state index is 10.8. The van der Waals surface area contributed by atoms with Gasteiger partial charge in [0.25, 0.3) is 5.91 Å². The zero-order valence-corrected chi connectivity index (χ0v) is 9.05. The van der Waals surface area contributed by atoms with Crippen LogP contribution in [0.1, 0.15) is 5.56 Å². The molecule has 0 aliphatic rings. The quantitative estimate of drug-likeness (QED) is 0.329. The highest BCUT2D eigenvalue weighted by molar-refractivity contribution is 6.43. The molecule has 0 atom stereocenters. The van der Waals surface area contributed by atoms with Gasteiger partial charge in [0.15, 0.2) is 0 Å². The van der Waals surface area contributed by atoms with E-state index in [0.29, 0.717) is 11.3 Å². The molecule has 0 heterocycles. The third-order valence-electron chi connectivity index (χ3n) is 2.02. The minimum absolute atomic E-state index is 0.110. The molecule has 0 aliphatic carbocycles. The number of aliphatic hydroxyl groups excluding tert-OH is 1. The fourth-order valence-electron chi connectivity index (χ4n) is 1.16. The average Bonchev–Trinajstić information content (AvgIpc) is 2.35. The number of carbonyl (C=O) groups is 1. The summed E-state index contributed by atoms with van der Waals surface area (Å²) in [7, 11) is 0. The van der Waals surface area contributed by atoms with Crippen LogP contribution in [0.5, 0.6) is 0 Å². The molecule has 1 rings (SSSR count). The Labute approximate surface area is 97.9 Å². The van der Waals surface area contributed by atoms with E-state index < -0.39 is 5.91 Å². The molecule has 7 nitrogen and oxygen atoms in total. The van der Waals surface area contributed by atoms with Gasteiger partial charge < -0.3 is 10.8 Å². The van der Waals surface area contributed by atoms with E-state index in [4.69, 9.17) is 16.2 Å². The standard InChI is InChI=1S/C10H14N4O3/c11-9(10(12)16)7-1-3-8(4-2-7)14(17)13-5-6-15/h1-4,11,13,15,17H,5-6H2,(H2,12,16). The summed E-state index contributed by atoms with van der Waals surface area (Å²) in [6, 6.07) is 6.01. The van der Waals surface area contributed by atoms with Gasteiger partial charge in [0.05, 0.1) is 12.3 Å². The molecule has 7 heteroatoms. The lowest BCUT2D eigenvalue weighted by Gasteiger charge is -2.17. The second-order valence-corrected chi connectivity index (χ2v) is 3.23. The van der Waals surface area contributed by atoms with Crippen LogP contribution in [0.15, 0.2) is 24.3 Å². The molecule has 1 aromatic rings. The molecular formula is C10H14N4O3. The fraction of sp³-hybridized carbons (Fsp3) is 0.200.